The normalized spacial score (nSPS) is 16.8. The van der Waals surface area contributed by atoms with Crippen molar-refractivity contribution in [2.45, 2.75) is 25.4 Å². The van der Waals surface area contributed by atoms with Crippen LogP contribution in [0.25, 0.3) is 0 Å². The Kier molecular flexibility index (Phi) is 5.91. The minimum absolute atomic E-state index is 0.619. The lowest BCUT2D eigenvalue weighted by molar-refractivity contribution is 0.138. The Hall–Kier alpha value is -1.46. The van der Waals surface area contributed by atoms with Gasteiger partial charge in [0.15, 0.2) is 11.5 Å². The van der Waals surface area contributed by atoms with E-state index in [9.17, 15) is 0 Å². The van der Waals surface area contributed by atoms with Gasteiger partial charge in [-0.15, -0.1) is 0 Å². The molecule has 1 heterocycles. The van der Waals surface area contributed by atoms with E-state index in [-0.39, 0.29) is 0 Å². The maximum atomic E-state index is 5.58. The first kappa shape index (κ1) is 16.9. The molecular weight excluding hydrogens is 280 g/mol. The van der Waals surface area contributed by atoms with E-state index in [0.717, 1.165) is 30.9 Å². The van der Waals surface area contributed by atoms with Crippen molar-refractivity contribution in [3.63, 3.8) is 0 Å². The topological polar surface area (TPSA) is 34.2 Å². The summed E-state index contributed by atoms with van der Waals surface area (Å²) in [5.74, 6) is 2.13. The highest BCUT2D eigenvalue weighted by atomic mass is 16.5. The molecule has 0 unspecified atom stereocenters. The predicted molar refractivity (Wildman–Crippen MR) is 88.1 cm³/mol. The second-order valence-electron chi connectivity index (χ2n) is 5.94. The molecule has 0 amide bonds. The SMILES string of the molecule is COc1ccc(CN(C)C2CCN(C)CC2)c(OC)c1OC. The van der Waals surface area contributed by atoms with E-state index < -0.39 is 0 Å². The van der Waals surface area contributed by atoms with Crippen LogP contribution in [0.1, 0.15) is 18.4 Å². The molecule has 1 aliphatic rings. The van der Waals surface area contributed by atoms with Gasteiger partial charge in [-0.1, -0.05) is 6.07 Å². The van der Waals surface area contributed by atoms with Crippen molar-refractivity contribution in [1.82, 2.24) is 9.80 Å². The largest absolute Gasteiger partial charge is 0.493 e. The number of hydrogen-bond donors (Lipinski definition) is 0. The number of piperidine rings is 1. The van der Waals surface area contributed by atoms with Crippen LogP contribution in [-0.2, 0) is 6.54 Å². The van der Waals surface area contributed by atoms with Crippen LogP contribution >= 0.6 is 0 Å². The summed E-state index contributed by atoms with van der Waals surface area (Å²) in [4.78, 5) is 4.80. The Labute approximate surface area is 133 Å². The van der Waals surface area contributed by atoms with Gasteiger partial charge in [0.2, 0.25) is 5.75 Å². The average Bonchev–Trinajstić information content (AvgIpc) is 2.54. The summed E-state index contributed by atoms with van der Waals surface area (Å²) in [6, 6.07) is 4.62. The summed E-state index contributed by atoms with van der Waals surface area (Å²) in [7, 11) is 9.34. The molecule has 5 nitrogen and oxygen atoms in total. The number of methoxy groups -OCH3 is 3. The van der Waals surface area contributed by atoms with Crippen LogP contribution in [0.4, 0.5) is 0 Å². The highest BCUT2D eigenvalue weighted by Crippen LogP contribution is 2.40. The van der Waals surface area contributed by atoms with Gasteiger partial charge in [0.25, 0.3) is 0 Å². The van der Waals surface area contributed by atoms with Crippen molar-refractivity contribution in [2.24, 2.45) is 0 Å². The standard InChI is InChI=1S/C17H28N2O3/c1-18-10-8-14(9-11-18)19(2)12-13-6-7-15(20-3)17(22-5)16(13)21-4/h6-7,14H,8-12H2,1-5H3. The Balaban J connectivity index is 2.15. The summed E-state index contributed by atoms with van der Waals surface area (Å²) in [5, 5.41) is 0. The Morgan fingerprint density at radius 2 is 1.68 bits per heavy atom. The Morgan fingerprint density at radius 3 is 2.23 bits per heavy atom. The number of ether oxygens (including phenoxy) is 3. The fourth-order valence-electron chi connectivity index (χ4n) is 3.12. The van der Waals surface area contributed by atoms with Crippen LogP contribution in [-0.4, -0.2) is 64.4 Å². The quantitative estimate of drug-likeness (QED) is 0.805. The van der Waals surface area contributed by atoms with E-state index in [4.69, 9.17) is 14.2 Å². The Bertz CT molecular complexity index is 485. The van der Waals surface area contributed by atoms with Crippen molar-refractivity contribution in [2.75, 3.05) is 48.5 Å². The highest BCUT2D eigenvalue weighted by Gasteiger charge is 2.23. The lowest BCUT2D eigenvalue weighted by Gasteiger charge is -2.35. The van der Waals surface area contributed by atoms with Crippen LogP contribution in [0.5, 0.6) is 17.2 Å². The molecule has 0 spiro atoms. The molecule has 0 bridgehead atoms. The van der Waals surface area contributed by atoms with E-state index in [0.29, 0.717) is 17.5 Å². The molecule has 0 saturated carbocycles. The van der Waals surface area contributed by atoms with Crippen LogP contribution in [0.2, 0.25) is 0 Å². The monoisotopic (exact) mass is 308 g/mol. The summed E-state index contributed by atoms with van der Waals surface area (Å²) in [6.07, 6.45) is 2.42. The van der Waals surface area contributed by atoms with E-state index in [1.54, 1.807) is 21.3 Å². The third-order valence-electron chi connectivity index (χ3n) is 4.52. The minimum atomic E-state index is 0.619. The van der Waals surface area contributed by atoms with Crippen molar-refractivity contribution < 1.29 is 14.2 Å². The molecule has 0 aliphatic carbocycles. The molecule has 1 fully saturated rings. The van der Waals surface area contributed by atoms with Crippen LogP contribution in [0.3, 0.4) is 0 Å². The maximum Gasteiger partial charge on any atom is 0.203 e. The van der Waals surface area contributed by atoms with Gasteiger partial charge < -0.3 is 19.1 Å². The molecule has 0 N–H and O–H groups in total. The first-order chi connectivity index (χ1) is 10.6. The van der Waals surface area contributed by atoms with Gasteiger partial charge in [0.05, 0.1) is 21.3 Å². The van der Waals surface area contributed by atoms with Crippen molar-refractivity contribution in [1.29, 1.82) is 0 Å². The zero-order valence-corrected chi connectivity index (χ0v) is 14.4. The molecule has 5 heteroatoms. The van der Waals surface area contributed by atoms with E-state index in [1.807, 2.05) is 6.07 Å². The summed E-state index contributed by atoms with van der Waals surface area (Å²) in [5.41, 5.74) is 1.13. The van der Waals surface area contributed by atoms with Crippen LogP contribution in [0.15, 0.2) is 12.1 Å². The molecule has 2 rings (SSSR count). The minimum Gasteiger partial charge on any atom is -0.493 e. The van der Waals surface area contributed by atoms with Crippen molar-refractivity contribution >= 4 is 0 Å². The lowest BCUT2D eigenvalue weighted by atomic mass is 10.0. The third kappa shape index (κ3) is 3.65. The molecule has 0 radical (unpaired) electrons. The van der Waals surface area contributed by atoms with Gasteiger partial charge in [-0.05, 0) is 46.1 Å². The average molecular weight is 308 g/mol. The highest BCUT2D eigenvalue weighted by molar-refractivity contribution is 5.55. The fourth-order valence-corrected chi connectivity index (χ4v) is 3.12. The lowest BCUT2D eigenvalue weighted by Crippen LogP contribution is -2.41. The number of benzene rings is 1. The summed E-state index contributed by atoms with van der Waals surface area (Å²) < 4.78 is 16.4. The number of hydrogen-bond acceptors (Lipinski definition) is 5. The maximum absolute atomic E-state index is 5.58. The van der Waals surface area contributed by atoms with Crippen LogP contribution < -0.4 is 14.2 Å². The van der Waals surface area contributed by atoms with Crippen LogP contribution in [0, 0.1) is 0 Å². The zero-order valence-electron chi connectivity index (χ0n) is 14.4. The summed E-state index contributed by atoms with van der Waals surface area (Å²) in [6.45, 7) is 3.17. The number of likely N-dealkylation sites (tertiary alicyclic amines) is 1. The number of rotatable bonds is 6. The van der Waals surface area contributed by atoms with Crippen molar-refractivity contribution in [3.05, 3.63) is 17.7 Å². The molecule has 1 aromatic rings. The van der Waals surface area contributed by atoms with E-state index >= 15 is 0 Å². The second kappa shape index (κ2) is 7.70. The van der Waals surface area contributed by atoms with Gasteiger partial charge >= 0.3 is 0 Å². The first-order valence-corrected chi connectivity index (χ1v) is 7.77. The molecule has 1 saturated heterocycles. The van der Waals surface area contributed by atoms with Crippen molar-refractivity contribution in [3.8, 4) is 17.2 Å². The zero-order chi connectivity index (χ0) is 16.1. The molecule has 0 atom stereocenters. The van der Waals surface area contributed by atoms with Gasteiger partial charge in [-0.2, -0.15) is 0 Å². The smallest absolute Gasteiger partial charge is 0.203 e. The predicted octanol–water partition coefficient (Wildman–Crippen LogP) is 2.24. The van der Waals surface area contributed by atoms with Gasteiger partial charge in [0, 0.05) is 18.2 Å². The second-order valence-corrected chi connectivity index (χ2v) is 5.94. The molecule has 1 aromatic carbocycles. The number of nitrogens with zero attached hydrogens (tertiary/aromatic N) is 2. The molecule has 124 valence electrons. The molecule has 0 aromatic heterocycles. The summed E-state index contributed by atoms with van der Waals surface area (Å²) >= 11 is 0. The van der Waals surface area contributed by atoms with Gasteiger partial charge in [0.1, 0.15) is 0 Å². The fraction of sp³-hybridized carbons (Fsp3) is 0.647. The van der Waals surface area contributed by atoms with Gasteiger partial charge in [-0.3, -0.25) is 4.90 Å². The molecular formula is C17H28N2O3. The molecule has 22 heavy (non-hydrogen) atoms. The third-order valence-corrected chi connectivity index (χ3v) is 4.52. The van der Waals surface area contributed by atoms with E-state index in [2.05, 4.69) is 30.0 Å². The van der Waals surface area contributed by atoms with Gasteiger partial charge in [-0.25, -0.2) is 0 Å². The molecule has 1 aliphatic heterocycles. The first-order valence-electron chi connectivity index (χ1n) is 7.77. The Morgan fingerprint density at radius 1 is 1.05 bits per heavy atom. The van der Waals surface area contributed by atoms with E-state index in [1.165, 1.54) is 12.8 Å².